The first kappa shape index (κ1) is 11.8. The Morgan fingerprint density at radius 3 is 2.61 bits per heavy atom. The third kappa shape index (κ3) is 1.68. The summed E-state index contributed by atoms with van der Waals surface area (Å²) in [5.41, 5.74) is 5.00. The molecule has 3 rings (SSSR count). The van der Waals surface area contributed by atoms with Gasteiger partial charge in [-0.1, -0.05) is 39.0 Å². The van der Waals surface area contributed by atoms with Crippen molar-refractivity contribution in [1.82, 2.24) is 4.57 Å². The number of fused-ring (bicyclic) bond motifs is 3. The monoisotopic (exact) mass is 241 g/mol. The molecule has 1 heterocycles. The van der Waals surface area contributed by atoms with Gasteiger partial charge >= 0.3 is 0 Å². The Bertz CT molecular complexity index is 583. The molecule has 1 aliphatic carbocycles. The lowest BCUT2D eigenvalue weighted by Crippen LogP contribution is -2.27. The SMILES string of the molecule is Cn1c2c(c3ccccc31)CC(C(C)(C)C)CC2. The maximum atomic E-state index is 2.41. The molecule has 96 valence electrons. The smallest absolute Gasteiger partial charge is 0.0482 e. The molecule has 18 heavy (non-hydrogen) atoms. The molecule has 1 atom stereocenters. The summed E-state index contributed by atoms with van der Waals surface area (Å²) in [7, 11) is 2.22. The van der Waals surface area contributed by atoms with Crippen molar-refractivity contribution in [3.8, 4) is 0 Å². The van der Waals surface area contributed by atoms with Gasteiger partial charge in [-0.05, 0) is 42.2 Å². The lowest BCUT2D eigenvalue weighted by Gasteiger charge is -2.34. The van der Waals surface area contributed by atoms with Gasteiger partial charge in [-0.25, -0.2) is 0 Å². The fourth-order valence-corrected chi connectivity index (χ4v) is 3.47. The number of aryl methyl sites for hydroxylation is 1. The lowest BCUT2D eigenvalue weighted by atomic mass is 9.71. The van der Waals surface area contributed by atoms with Crippen LogP contribution in [0.2, 0.25) is 0 Å². The van der Waals surface area contributed by atoms with E-state index >= 15 is 0 Å². The molecule has 0 amide bonds. The number of hydrogen-bond acceptors (Lipinski definition) is 0. The molecule has 1 aromatic heterocycles. The van der Waals surface area contributed by atoms with E-state index in [0.717, 1.165) is 5.92 Å². The fraction of sp³-hybridized carbons (Fsp3) is 0.529. The minimum atomic E-state index is 0.425. The Balaban J connectivity index is 2.13. The van der Waals surface area contributed by atoms with Crippen molar-refractivity contribution in [2.75, 3.05) is 0 Å². The van der Waals surface area contributed by atoms with Crippen LogP contribution in [0.15, 0.2) is 24.3 Å². The summed E-state index contributed by atoms with van der Waals surface area (Å²) in [6.45, 7) is 7.15. The standard InChI is InChI=1S/C17H23N/c1-17(2,3)12-9-10-16-14(11-12)13-7-5-6-8-15(13)18(16)4/h5-8,12H,9-11H2,1-4H3. The minimum Gasteiger partial charge on any atom is -0.347 e. The van der Waals surface area contributed by atoms with Gasteiger partial charge in [0.1, 0.15) is 0 Å². The second kappa shape index (κ2) is 3.88. The van der Waals surface area contributed by atoms with Crippen LogP contribution in [0.1, 0.15) is 38.4 Å². The number of rotatable bonds is 0. The predicted molar refractivity (Wildman–Crippen MR) is 77.9 cm³/mol. The molecule has 0 aliphatic heterocycles. The molecule has 1 unspecified atom stereocenters. The van der Waals surface area contributed by atoms with Gasteiger partial charge in [0.2, 0.25) is 0 Å². The third-order valence-electron chi connectivity index (χ3n) is 4.75. The molecule has 0 saturated heterocycles. The molecule has 0 fully saturated rings. The second-order valence-electron chi connectivity index (χ2n) is 6.81. The van der Waals surface area contributed by atoms with Crippen LogP contribution in [0.4, 0.5) is 0 Å². The van der Waals surface area contributed by atoms with Crippen molar-refractivity contribution in [3.05, 3.63) is 35.5 Å². The van der Waals surface area contributed by atoms with Crippen molar-refractivity contribution in [1.29, 1.82) is 0 Å². The summed E-state index contributed by atoms with van der Waals surface area (Å²) < 4.78 is 2.41. The van der Waals surface area contributed by atoms with Crippen molar-refractivity contribution in [2.45, 2.75) is 40.0 Å². The van der Waals surface area contributed by atoms with Crippen LogP contribution < -0.4 is 0 Å². The van der Waals surface area contributed by atoms with E-state index in [2.05, 4.69) is 56.7 Å². The summed E-state index contributed by atoms with van der Waals surface area (Å²) in [5.74, 6) is 0.816. The molecular formula is C17H23N. The van der Waals surface area contributed by atoms with Gasteiger partial charge in [0.25, 0.3) is 0 Å². The first-order valence-electron chi connectivity index (χ1n) is 7.03. The first-order chi connectivity index (χ1) is 8.48. The van der Waals surface area contributed by atoms with E-state index in [1.807, 2.05) is 0 Å². The van der Waals surface area contributed by atoms with Crippen LogP contribution in [0, 0.1) is 11.3 Å². The molecule has 0 saturated carbocycles. The lowest BCUT2D eigenvalue weighted by molar-refractivity contribution is 0.215. The number of benzene rings is 1. The van der Waals surface area contributed by atoms with E-state index in [0.29, 0.717) is 5.41 Å². The van der Waals surface area contributed by atoms with Crippen LogP contribution in [0.25, 0.3) is 10.9 Å². The largest absolute Gasteiger partial charge is 0.347 e. The molecule has 0 spiro atoms. The Morgan fingerprint density at radius 2 is 1.89 bits per heavy atom. The van der Waals surface area contributed by atoms with E-state index in [9.17, 15) is 0 Å². The van der Waals surface area contributed by atoms with Gasteiger partial charge in [-0.15, -0.1) is 0 Å². The van der Waals surface area contributed by atoms with Crippen molar-refractivity contribution in [2.24, 2.45) is 18.4 Å². The van der Waals surface area contributed by atoms with Crippen LogP contribution >= 0.6 is 0 Å². The minimum absolute atomic E-state index is 0.425. The number of aromatic nitrogens is 1. The predicted octanol–water partition coefficient (Wildman–Crippen LogP) is 4.33. The molecule has 1 heteroatoms. The summed E-state index contributed by atoms with van der Waals surface area (Å²) in [4.78, 5) is 0. The molecule has 0 bridgehead atoms. The number of para-hydroxylation sites is 1. The van der Waals surface area contributed by atoms with Gasteiger partial charge < -0.3 is 4.57 Å². The van der Waals surface area contributed by atoms with Gasteiger partial charge in [0.15, 0.2) is 0 Å². The number of hydrogen-bond donors (Lipinski definition) is 0. The van der Waals surface area contributed by atoms with Gasteiger partial charge in [-0.3, -0.25) is 0 Å². The summed E-state index contributed by atoms with van der Waals surface area (Å²) in [6.07, 6.45) is 3.82. The average Bonchev–Trinajstić information content (AvgIpc) is 2.63. The highest BCUT2D eigenvalue weighted by atomic mass is 15.0. The van der Waals surface area contributed by atoms with E-state index in [4.69, 9.17) is 0 Å². The Labute approximate surface area is 110 Å². The molecule has 1 nitrogen and oxygen atoms in total. The molecular weight excluding hydrogens is 218 g/mol. The van der Waals surface area contributed by atoms with Gasteiger partial charge in [0, 0.05) is 23.6 Å². The summed E-state index contributed by atoms with van der Waals surface area (Å²) in [6, 6.07) is 8.86. The third-order valence-corrected chi connectivity index (χ3v) is 4.75. The average molecular weight is 241 g/mol. The molecule has 0 N–H and O–H groups in total. The van der Waals surface area contributed by atoms with Gasteiger partial charge in [-0.2, -0.15) is 0 Å². The zero-order valence-electron chi connectivity index (χ0n) is 12.0. The number of nitrogens with zero attached hydrogens (tertiary/aromatic N) is 1. The van der Waals surface area contributed by atoms with Crippen molar-refractivity contribution >= 4 is 10.9 Å². The zero-order chi connectivity index (χ0) is 12.9. The highest BCUT2D eigenvalue weighted by Crippen LogP contribution is 2.40. The maximum Gasteiger partial charge on any atom is 0.0482 e. The normalized spacial score (nSPS) is 20.1. The van der Waals surface area contributed by atoms with Crippen LogP contribution in [-0.4, -0.2) is 4.57 Å². The van der Waals surface area contributed by atoms with Crippen molar-refractivity contribution in [3.63, 3.8) is 0 Å². The first-order valence-corrected chi connectivity index (χ1v) is 7.03. The van der Waals surface area contributed by atoms with E-state index in [1.165, 1.54) is 30.2 Å². The fourth-order valence-electron chi connectivity index (χ4n) is 3.47. The van der Waals surface area contributed by atoms with Crippen molar-refractivity contribution < 1.29 is 0 Å². The van der Waals surface area contributed by atoms with E-state index in [1.54, 1.807) is 11.3 Å². The Hall–Kier alpha value is -1.24. The Kier molecular flexibility index (Phi) is 2.55. The second-order valence-corrected chi connectivity index (χ2v) is 6.81. The summed E-state index contributed by atoms with van der Waals surface area (Å²) >= 11 is 0. The molecule has 2 aromatic rings. The van der Waals surface area contributed by atoms with E-state index in [-0.39, 0.29) is 0 Å². The van der Waals surface area contributed by atoms with E-state index < -0.39 is 0 Å². The van der Waals surface area contributed by atoms with Crippen LogP contribution in [0.3, 0.4) is 0 Å². The van der Waals surface area contributed by atoms with Crippen LogP contribution in [-0.2, 0) is 19.9 Å². The topological polar surface area (TPSA) is 4.93 Å². The van der Waals surface area contributed by atoms with Crippen LogP contribution in [0.5, 0.6) is 0 Å². The molecule has 0 radical (unpaired) electrons. The highest BCUT2D eigenvalue weighted by Gasteiger charge is 2.31. The summed E-state index contributed by atoms with van der Waals surface area (Å²) in [5, 5.41) is 1.48. The highest BCUT2D eigenvalue weighted by molar-refractivity contribution is 5.85. The van der Waals surface area contributed by atoms with Gasteiger partial charge in [0.05, 0.1) is 0 Å². The quantitative estimate of drug-likeness (QED) is 0.647. The Morgan fingerprint density at radius 1 is 1.17 bits per heavy atom. The molecule has 1 aliphatic rings. The molecule has 1 aromatic carbocycles. The zero-order valence-corrected chi connectivity index (χ0v) is 12.0. The maximum absolute atomic E-state index is 2.41.